The summed E-state index contributed by atoms with van der Waals surface area (Å²) in [6.07, 6.45) is 2.50. The van der Waals surface area contributed by atoms with Crippen LogP contribution in [0.4, 0.5) is 14.5 Å². The highest BCUT2D eigenvalue weighted by atomic mass is 35.5. The van der Waals surface area contributed by atoms with Crippen molar-refractivity contribution in [3.8, 4) is 11.3 Å². The highest BCUT2D eigenvalue weighted by Gasteiger charge is 2.28. The van der Waals surface area contributed by atoms with Gasteiger partial charge in [-0.1, -0.05) is 17.7 Å². The third-order valence-corrected chi connectivity index (χ3v) is 3.56. The van der Waals surface area contributed by atoms with Gasteiger partial charge in [0.2, 0.25) is 5.91 Å². The van der Waals surface area contributed by atoms with Crippen molar-refractivity contribution in [2.24, 2.45) is 0 Å². The Bertz CT molecular complexity index is 726. The third kappa shape index (κ3) is 2.47. The number of benzene rings is 1. The van der Waals surface area contributed by atoms with E-state index in [9.17, 15) is 13.6 Å². The molecule has 2 heterocycles. The predicted molar refractivity (Wildman–Crippen MR) is 74.4 cm³/mol. The number of rotatable bonds is 2. The summed E-state index contributed by atoms with van der Waals surface area (Å²) in [5, 5.41) is 3.11. The summed E-state index contributed by atoms with van der Waals surface area (Å²) in [5.41, 5.74) is 1.94. The minimum Gasteiger partial charge on any atom is -0.324 e. The molecular weight excluding hydrogens is 300 g/mol. The minimum absolute atomic E-state index is 0.163. The van der Waals surface area contributed by atoms with Crippen LogP contribution in [-0.2, 0) is 17.1 Å². The predicted octanol–water partition coefficient (Wildman–Crippen LogP) is 3.40. The molecule has 0 bridgehead atoms. The number of halogens is 3. The number of nitrogens with zero attached hydrogens (tertiary/aromatic N) is 2. The molecule has 1 amide bonds. The van der Waals surface area contributed by atoms with Crippen molar-refractivity contribution in [2.45, 2.75) is 19.3 Å². The fourth-order valence-electron chi connectivity index (χ4n) is 2.22. The molecule has 7 heteroatoms. The van der Waals surface area contributed by atoms with Crippen LogP contribution in [0.3, 0.4) is 0 Å². The average Bonchev–Trinajstić information content (AvgIpc) is 2.81. The van der Waals surface area contributed by atoms with Gasteiger partial charge in [-0.3, -0.25) is 14.8 Å². The van der Waals surface area contributed by atoms with Gasteiger partial charge in [-0.25, -0.2) is 0 Å². The number of anilines is 1. The smallest absolute Gasteiger partial charge is 0.288 e. The molecule has 0 aliphatic carbocycles. The zero-order chi connectivity index (χ0) is 15.2. The Morgan fingerprint density at radius 1 is 1.29 bits per heavy atom. The largest absolute Gasteiger partial charge is 0.324 e. The number of hydrogen-bond donors (Lipinski definition) is 1. The van der Waals surface area contributed by atoms with Crippen molar-refractivity contribution >= 4 is 23.2 Å². The van der Waals surface area contributed by atoms with Gasteiger partial charge in [0.05, 0.1) is 35.2 Å². The lowest BCUT2D eigenvalue weighted by Gasteiger charge is -2.11. The van der Waals surface area contributed by atoms with Crippen molar-refractivity contribution < 1.29 is 13.6 Å². The zero-order valence-corrected chi connectivity index (χ0v) is 11.7. The third-order valence-electron chi connectivity index (χ3n) is 3.24. The first kappa shape index (κ1) is 13.9. The summed E-state index contributed by atoms with van der Waals surface area (Å²) in [6, 6.07) is 3.33. The number of hydrogen-bond acceptors (Lipinski definition) is 3. The van der Waals surface area contributed by atoms with Crippen LogP contribution >= 0.6 is 11.6 Å². The Labute approximate surface area is 124 Å². The van der Waals surface area contributed by atoms with Crippen LogP contribution in [0.5, 0.6) is 0 Å². The molecule has 1 aliphatic heterocycles. The van der Waals surface area contributed by atoms with E-state index in [1.165, 1.54) is 6.20 Å². The van der Waals surface area contributed by atoms with Gasteiger partial charge in [0, 0.05) is 12.5 Å². The summed E-state index contributed by atoms with van der Waals surface area (Å²) in [5.74, 6) is -3.20. The SMILES string of the molecule is CC(F)(F)c1cnc(-c2ccc(Cl)c3c2CC(=O)N3)cn1. The van der Waals surface area contributed by atoms with Crippen LogP contribution < -0.4 is 5.32 Å². The fourth-order valence-corrected chi connectivity index (χ4v) is 2.44. The Morgan fingerprint density at radius 2 is 2.05 bits per heavy atom. The summed E-state index contributed by atoms with van der Waals surface area (Å²) in [4.78, 5) is 19.3. The van der Waals surface area contributed by atoms with E-state index in [1.807, 2.05) is 0 Å². The first-order chi connectivity index (χ1) is 9.86. The Hall–Kier alpha value is -2.08. The number of fused-ring (bicyclic) bond motifs is 1. The monoisotopic (exact) mass is 309 g/mol. The molecule has 1 aliphatic rings. The van der Waals surface area contributed by atoms with E-state index in [1.54, 1.807) is 12.1 Å². The van der Waals surface area contributed by atoms with Crippen molar-refractivity contribution in [3.63, 3.8) is 0 Å². The standard InChI is InChI=1S/C14H10ClF2N3O/c1-14(16,17)11-6-18-10(5-19-11)7-2-3-9(15)13-8(7)4-12(21)20-13/h2-3,5-6H,4H2,1H3,(H,20,21). The van der Waals surface area contributed by atoms with E-state index < -0.39 is 11.6 Å². The van der Waals surface area contributed by atoms with E-state index in [4.69, 9.17) is 11.6 Å². The molecule has 0 radical (unpaired) electrons. The Morgan fingerprint density at radius 3 is 2.67 bits per heavy atom. The number of carbonyl (C=O) groups is 1. The van der Waals surface area contributed by atoms with Gasteiger partial charge in [-0.15, -0.1) is 0 Å². The Balaban J connectivity index is 2.07. The molecule has 0 saturated heterocycles. The minimum atomic E-state index is -3.04. The van der Waals surface area contributed by atoms with Crippen molar-refractivity contribution in [1.29, 1.82) is 0 Å². The van der Waals surface area contributed by atoms with Crippen LogP contribution in [-0.4, -0.2) is 15.9 Å². The van der Waals surface area contributed by atoms with Crippen LogP contribution in [0.25, 0.3) is 11.3 Å². The molecule has 2 aromatic rings. The molecule has 1 aromatic carbocycles. The van der Waals surface area contributed by atoms with Crippen LogP contribution in [0.1, 0.15) is 18.2 Å². The first-order valence-corrected chi connectivity index (χ1v) is 6.56. The molecule has 0 spiro atoms. The first-order valence-electron chi connectivity index (χ1n) is 6.18. The fraction of sp³-hybridized carbons (Fsp3) is 0.214. The average molecular weight is 310 g/mol. The van der Waals surface area contributed by atoms with Gasteiger partial charge in [-0.05, 0) is 11.6 Å². The quantitative estimate of drug-likeness (QED) is 0.925. The lowest BCUT2D eigenvalue weighted by atomic mass is 10.0. The molecule has 0 saturated carbocycles. The maximum atomic E-state index is 13.1. The van der Waals surface area contributed by atoms with E-state index >= 15 is 0 Å². The van der Waals surface area contributed by atoms with Crippen molar-refractivity contribution in [1.82, 2.24) is 9.97 Å². The number of alkyl halides is 2. The topological polar surface area (TPSA) is 54.9 Å². The maximum Gasteiger partial charge on any atom is 0.288 e. The second-order valence-electron chi connectivity index (χ2n) is 4.85. The molecule has 0 fully saturated rings. The highest BCUT2D eigenvalue weighted by Crippen LogP contribution is 2.37. The summed E-state index contributed by atoms with van der Waals surface area (Å²) < 4.78 is 26.3. The summed E-state index contributed by atoms with van der Waals surface area (Å²) >= 11 is 6.03. The molecule has 1 aromatic heterocycles. The van der Waals surface area contributed by atoms with Crippen molar-refractivity contribution in [3.05, 3.63) is 40.8 Å². The lowest BCUT2D eigenvalue weighted by Crippen LogP contribution is -2.10. The van der Waals surface area contributed by atoms with Crippen LogP contribution in [0, 0.1) is 0 Å². The number of aromatic nitrogens is 2. The van der Waals surface area contributed by atoms with E-state index in [0.29, 0.717) is 27.5 Å². The maximum absolute atomic E-state index is 13.1. The van der Waals surface area contributed by atoms with Gasteiger partial charge in [0.15, 0.2) is 0 Å². The summed E-state index contributed by atoms with van der Waals surface area (Å²) in [7, 11) is 0. The van der Waals surface area contributed by atoms with Crippen LogP contribution in [0.2, 0.25) is 5.02 Å². The second-order valence-corrected chi connectivity index (χ2v) is 5.26. The molecule has 4 nitrogen and oxygen atoms in total. The van der Waals surface area contributed by atoms with E-state index in [2.05, 4.69) is 15.3 Å². The zero-order valence-electron chi connectivity index (χ0n) is 11.0. The van der Waals surface area contributed by atoms with Crippen molar-refractivity contribution in [2.75, 3.05) is 5.32 Å². The molecule has 21 heavy (non-hydrogen) atoms. The lowest BCUT2D eigenvalue weighted by molar-refractivity contribution is -0.115. The highest BCUT2D eigenvalue weighted by molar-refractivity contribution is 6.34. The van der Waals surface area contributed by atoms with E-state index in [0.717, 1.165) is 13.1 Å². The number of amides is 1. The number of nitrogens with one attached hydrogen (secondary N) is 1. The Kier molecular flexibility index (Phi) is 3.13. The summed E-state index contributed by atoms with van der Waals surface area (Å²) in [6.45, 7) is 0.763. The second kappa shape index (κ2) is 4.73. The van der Waals surface area contributed by atoms with Gasteiger partial charge in [0.25, 0.3) is 5.92 Å². The normalized spacial score (nSPS) is 14.0. The molecule has 1 N–H and O–H groups in total. The molecule has 3 rings (SSSR count). The molecule has 0 atom stereocenters. The molecule has 0 unspecified atom stereocenters. The van der Waals surface area contributed by atoms with Crippen LogP contribution in [0.15, 0.2) is 24.5 Å². The van der Waals surface area contributed by atoms with Gasteiger partial charge in [-0.2, -0.15) is 8.78 Å². The van der Waals surface area contributed by atoms with E-state index in [-0.39, 0.29) is 12.3 Å². The van der Waals surface area contributed by atoms with Gasteiger partial charge >= 0.3 is 0 Å². The van der Waals surface area contributed by atoms with Gasteiger partial charge < -0.3 is 5.32 Å². The number of carbonyl (C=O) groups excluding carboxylic acids is 1. The molecule has 108 valence electrons. The van der Waals surface area contributed by atoms with Gasteiger partial charge in [0.1, 0.15) is 5.69 Å². The molecular formula is C14H10ClF2N3O.